The number of rotatable bonds is 3. The number of nitrogens with zero attached hydrogens (tertiary/aromatic N) is 2. The van der Waals surface area contributed by atoms with Gasteiger partial charge >= 0.3 is 0 Å². The largest absolute Gasteiger partial charge is 0.373 e. The molecular formula is C15H19BrN4. The molecule has 4 nitrogen and oxygen atoms in total. The van der Waals surface area contributed by atoms with Crippen molar-refractivity contribution in [1.29, 1.82) is 0 Å². The van der Waals surface area contributed by atoms with E-state index in [1.54, 1.807) is 0 Å². The lowest BCUT2D eigenvalue weighted by molar-refractivity contribution is 0.547. The smallest absolute Gasteiger partial charge is 0.138 e. The average molecular weight is 335 g/mol. The first-order chi connectivity index (χ1) is 9.38. The maximum absolute atomic E-state index is 4.60. The molecule has 5 heteroatoms. The molecule has 20 heavy (non-hydrogen) atoms. The number of anilines is 3. The van der Waals surface area contributed by atoms with E-state index >= 15 is 0 Å². The standard InChI is InChI=1S/C15H19BrN4/c1-15(2,3)14-19-12(17-4)9-13(20-14)18-11-7-5-10(16)6-8-11/h5-9H,1-4H3,(H2,17,18,19,20). The van der Waals surface area contributed by atoms with Crippen LogP contribution in [0.4, 0.5) is 17.3 Å². The van der Waals surface area contributed by atoms with E-state index < -0.39 is 0 Å². The number of hydrogen-bond donors (Lipinski definition) is 2. The van der Waals surface area contributed by atoms with Crippen LogP contribution >= 0.6 is 15.9 Å². The topological polar surface area (TPSA) is 49.8 Å². The molecule has 0 saturated carbocycles. The van der Waals surface area contributed by atoms with Crippen LogP contribution in [0.15, 0.2) is 34.8 Å². The minimum absolute atomic E-state index is 0.0942. The Morgan fingerprint density at radius 2 is 1.60 bits per heavy atom. The van der Waals surface area contributed by atoms with E-state index in [4.69, 9.17) is 0 Å². The van der Waals surface area contributed by atoms with Gasteiger partial charge in [0, 0.05) is 28.7 Å². The minimum Gasteiger partial charge on any atom is -0.373 e. The monoisotopic (exact) mass is 334 g/mol. The van der Waals surface area contributed by atoms with Gasteiger partial charge < -0.3 is 10.6 Å². The molecule has 0 aliphatic heterocycles. The third kappa shape index (κ3) is 3.70. The second kappa shape index (κ2) is 5.79. The molecule has 1 heterocycles. The van der Waals surface area contributed by atoms with Crippen LogP contribution in [-0.4, -0.2) is 17.0 Å². The molecule has 0 amide bonds. The third-order valence-electron chi connectivity index (χ3n) is 2.77. The van der Waals surface area contributed by atoms with Crippen LogP contribution in [0.1, 0.15) is 26.6 Å². The van der Waals surface area contributed by atoms with Crippen LogP contribution in [0.25, 0.3) is 0 Å². The molecule has 106 valence electrons. The van der Waals surface area contributed by atoms with Crippen LogP contribution in [0.3, 0.4) is 0 Å². The fourth-order valence-electron chi connectivity index (χ4n) is 1.66. The molecule has 0 bridgehead atoms. The van der Waals surface area contributed by atoms with Gasteiger partial charge in [-0.25, -0.2) is 9.97 Å². The molecule has 2 aromatic rings. The summed E-state index contributed by atoms with van der Waals surface area (Å²) in [7, 11) is 1.86. The lowest BCUT2D eigenvalue weighted by atomic mass is 9.96. The van der Waals surface area contributed by atoms with E-state index in [1.807, 2.05) is 37.4 Å². The first-order valence-electron chi connectivity index (χ1n) is 6.48. The van der Waals surface area contributed by atoms with Gasteiger partial charge in [0.15, 0.2) is 0 Å². The summed E-state index contributed by atoms with van der Waals surface area (Å²) in [5, 5.41) is 6.38. The van der Waals surface area contributed by atoms with Gasteiger partial charge in [0.05, 0.1) is 0 Å². The van der Waals surface area contributed by atoms with Crippen molar-refractivity contribution in [2.24, 2.45) is 0 Å². The number of nitrogens with one attached hydrogen (secondary N) is 2. The molecule has 0 fully saturated rings. The predicted octanol–water partition coefficient (Wildman–Crippen LogP) is 4.32. The molecule has 0 aliphatic carbocycles. The molecule has 0 unspecified atom stereocenters. The maximum atomic E-state index is 4.60. The summed E-state index contributed by atoms with van der Waals surface area (Å²) < 4.78 is 1.05. The van der Waals surface area contributed by atoms with Crippen LogP contribution in [0, 0.1) is 0 Å². The number of halogens is 1. The fraction of sp³-hybridized carbons (Fsp3) is 0.333. The minimum atomic E-state index is -0.0942. The van der Waals surface area contributed by atoms with Crippen molar-refractivity contribution >= 4 is 33.3 Å². The van der Waals surface area contributed by atoms with Crippen molar-refractivity contribution in [3.63, 3.8) is 0 Å². The van der Waals surface area contributed by atoms with Crippen LogP contribution in [-0.2, 0) is 5.41 Å². The van der Waals surface area contributed by atoms with E-state index in [0.717, 1.165) is 27.6 Å². The summed E-state index contributed by atoms with van der Waals surface area (Å²) in [6.07, 6.45) is 0. The molecule has 2 rings (SSSR count). The zero-order valence-electron chi connectivity index (χ0n) is 12.2. The van der Waals surface area contributed by atoms with E-state index in [1.165, 1.54) is 0 Å². The summed E-state index contributed by atoms with van der Waals surface area (Å²) in [5.41, 5.74) is 0.900. The number of benzene rings is 1. The lowest BCUT2D eigenvalue weighted by Gasteiger charge is -2.19. The van der Waals surface area contributed by atoms with Gasteiger partial charge in [0.1, 0.15) is 17.5 Å². The average Bonchev–Trinajstić information content (AvgIpc) is 2.40. The third-order valence-corrected chi connectivity index (χ3v) is 3.30. The summed E-state index contributed by atoms with van der Waals surface area (Å²) in [6, 6.07) is 9.89. The zero-order chi connectivity index (χ0) is 14.8. The highest BCUT2D eigenvalue weighted by Gasteiger charge is 2.19. The van der Waals surface area contributed by atoms with Gasteiger partial charge in [-0.1, -0.05) is 36.7 Å². The molecule has 0 saturated heterocycles. The number of aromatic nitrogens is 2. The summed E-state index contributed by atoms with van der Waals surface area (Å²) >= 11 is 3.43. The Morgan fingerprint density at radius 1 is 1.00 bits per heavy atom. The molecule has 0 atom stereocenters. The Labute approximate surface area is 128 Å². The van der Waals surface area contributed by atoms with E-state index in [2.05, 4.69) is 57.3 Å². The highest BCUT2D eigenvalue weighted by molar-refractivity contribution is 9.10. The van der Waals surface area contributed by atoms with Crippen LogP contribution in [0.5, 0.6) is 0 Å². The highest BCUT2D eigenvalue weighted by Crippen LogP contribution is 2.24. The number of hydrogen-bond acceptors (Lipinski definition) is 4. The zero-order valence-corrected chi connectivity index (χ0v) is 13.7. The Morgan fingerprint density at radius 3 is 2.15 bits per heavy atom. The Balaban J connectivity index is 2.33. The van der Waals surface area contributed by atoms with E-state index in [0.29, 0.717) is 0 Å². The van der Waals surface area contributed by atoms with Crippen molar-refractivity contribution in [3.8, 4) is 0 Å². The Hall–Kier alpha value is -1.62. The maximum Gasteiger partial charge on any atom is 0.138 e. The molecule has 0 aliphatic rings. The van der Waals surface area contributed by atoms with Gasteiger partial charge in [-0.05, 0) is 24.3 Å². The molecule has 1 aromatic carbocycles. The van der Waals surface area contributed by atoms with Gasteiger partial charge in [0.25, 0.3) is 0 Å². The predicted molar refractivity (Wildman–Crippen MR) is 87.7 cm³/mol. The van der Waals surface area contributed by atoms with Crippen molar-refractivity contribution in [1.82, 2.24) is 9.97 Å². The normalized spacial score (nSPS) is 11.2. The quantitative estimate of drug-likeness (QED) is 0.877. The fourth-order valence-corrected chi connectivity index (χ4v) is 1.92. The lowest BCUT2D eigenvalue weighted by Crippen LogP contribution is -2.17. The Bertz CT molecular complexity index is 588. The van der Waals surface area contributed by atoms with Crippen LogP contribution < -0.4 is 10.6 Å². The van der Waals surface area contributed by atoms with Crippen molar-refractivity contribution < 1.29 is 0 Å². The molecule has 1 aromatic heterocycles. The van der Waals surface area contributed by atoms with Crippen molar-refractivity contribution in [2.75, 3.05) is 17.7 Å². The van der Waals surface area contributed by atoms with E-state index in [9.17, 15) is 0 Å². The summed E-state index contributed by atoms with van der Waals surface area (Å²) in [6.45, 7) is 6.31. The van der Waals surface area contributed by atoms with E-state index in [-0.39, 0.29) is 5.41 Å². The first kappa shape index (κ1) is 14.8. The van der Waals surface area contributed by atoms with Gasteiger partial charge in [0.2, 0.25) is 0 Å². The van der Waals surface area contributed by atoms with Gasteiger partial charge in [-0.15, -0.1) is 0 Å². The second-order valence-corrected chi connectivity index (χ2v) is 6.51. The molecule has 0 spiro atoms. The highest BCUT2D eigenvalue weighted by atomic mass is 79.9. The Kier molecular flexibility index (Phi) is 4.28. The second-order valence-electron chi connectivity index (χ2n) is 5.59. The molecular weight excluding hydrogens is 316 g/mol. The first-order valence-corrected chi connectivity index (χ1v) is 7.28. The van der Waals surface area contributed by atoms with Crippen molar-refractivity contribution in [2.45, 2.75) is 26.2 Å². The van der Waals surface area contributed by atoms with Crippen molar-refractivity contribution in [3.05, 3.63) is 40.6 Å². The molecule has 0 radical (unpaired) electrons. The van der Waals surface area contributed by atoms with Crippen LogP contribution in [0.2, 0.25) is 0 Å². The van der Waals surface area contributed by atoms with Gasteiger partial charge in [-0.3, -0.25) is 0 Å². The van der Waals surface area contributed by atoms with Gasteiger partial charge in [-0.2, -0.15) is 0 Å². The SMILES string of the molecule is CNc1cc(Nc2ccc(Br)cc2)nc(C(C)(C)C)n1. The summed E-state index contributed by atoms with van der Waals surface area (Å²) in [5.74, 6) is 2.41. The summed E-state index contributed by atoms with van der Waals surface area (Å²) in [4.78, 5) is 9.11. The molecule has 2 N–H and O–H groups in total.